The normalized spacial score (nSPS) is 13.9. The summed E-state index contributed by atoms with van der Waals surface area (Å²) in [6.45, 7) is 1.57. The van der Waals surface area contributed by atoms with Crippen LogP contribution < -0.4 is 5.32 Å². The SMILES string of the molecule is O=C(Nc1ccccc1C(=O)N1CCCCC1)c1ccc(-c2ccccc2)s1. The van der Waals surface area contributed by atoms with Crippen LogP contribution in [-0.2, 0) is 0 Å². The molecule has 1 fully saturated rings. The van der Waals surface area contributed by atoms with Crippen LogP contribution >= 0.6 is 11.3 Å². The molecule has 0 saturated carbocycles. The zero-order valence-electron chi connectivity index (χ0n) is 15.6. The fraction of sp³-hybridized carbons (Fsp3) is 0.217. The number of rotatable bonds is 4. The van der Waals surface area contributed by atoms with Gasteiger partial charge in [-0.1, -0.05) is 42.5 Å². The van der Waals surface area contributed by atoms with E-state index in [0.717, 1.165) is 36.4 Å². The number of likely N-dealkylation sites (tertiary alicyclic amines) is 1. The molecule has 2 amide bonds. The van der Waals surface area contributed by atoms with Crippen LogP contribution in [0.3, 0.4) is 0 Å². The lowest BCUT2D eigenvalue weighted by atomic mass is 10.1. The summed E-state index contributed by atoms with van der Waals surface area (Å²) in [6.07, 6.45) is 3.25. The number of amides is 2. The maximum atomic E-state index is 12.9. The summed E-state index contributed by atoms with van der Waals surface area (Å²) >= 11 is 1.45. The molecule has 1 saturated heterocycles. The summed E-state index contributed by atoms with van der Waals surface area (Å²) in [7, 11) is 0. The Morgan fingerprint density at radius 1 is 0.821 bits per heavy atom. The van der Waals surface area contributed by atoms with Crippen molar-refractivity contribution in [1.82, 2.24) is 4.90 Å². The van der Waals surface area contributed by atoms with Gasteiger partial charge in [-0.25, -0.2) is 0 Å². The molecule has 0 aliphatic carbocycles. The van der Waals surface area contributed by atoms with Gasteiger partial charge in [-0.05, 0) is 49.1 Å². The van der Waals surface area contributed by atoms with Gasteiger partial charge in [0.15, 0.2) is 0 Å². The van der Waals surface area contributed by atoms with Gasteiger partial charge in [0.2, 0.25) is 0 Å². The Morgan fingerprint density at radius 3 is 2.32 bits per heavy atom. The average Bonchev–Trinajstić information content (AvgIpc) is 3.25. The van der Waals surface area contributed by atoms with Crippen LogP contribution in [-0.4, -0.2) is 29.8 Å². The number of carbonyl (C=O) groups excluding carboxylic acids is 2. The number of nitrogens with one attached hydrogen (secondary N) is 1. The Morgan fingerprint density at radius 2 is 1.54 bits per heavy atom. The minimum Gasteiger partial charge on any atom is -0.339 e. The number of piperidine rings is 1. The van der Waals surface area contributed by atoms with Crippen LogP contribution in [0.1, 0.15) is 39.3 Å². The highest BCUT2D eigenvalue weighted by Crippen LogP contribution is 2.29. The van der Waals surface area contributed by atoms with Gasteiger partial charge in [0.1, 0.15) is 0 Å². The molecule has 4 nitrogen and oxygen atoms in total. The number of thiophene rings is 1. The molecule has 1 N–H and O–H groups in total. The quantitative estimate of drug-likeness (QED) is 0.658. The predicted octanol–water partition coefficient (Wildman–Crippen LogP) is 5.29. The summed E-state index contributed by atoms with van der Waals surface area (Å²) in [4.78, 5) is 29.2. The van der Waals surface area contributed by atoms with Crippen LogP contribution in [0.5, 0.6) is 0 Å². The molecule has 142 valence electrons. The first-order valence-electron chi connectivity index (χ1n) is 9.57. The molecule has 5 heteroatoms. The van der Waals surface area contributed by atoms with Crippen LogP contribution in [0.15, 0.2) is 66.7 Å². The highest BCUT2D eigenvalue weighted by Gasteiger charge is 2.21. The number of anilines is 1. The van der Waals surface area contributed by atoms with Gasteiger partial charge < -0.3 is 10.2 Å². The fourth-order valence-electron chi connectivity index (χ4n) is 3.45. The van der Waals surface area contributed by atoms with Crippen molar-refractivity contribution in [2.75, 3.05) is 18.4 Å². The molecular weight excluding hydrogens is 368 g/mol. The van der Waals surface area contributed by atoms with Gasteiger partial charge in [0.05, 0.1) is 16.1 Å². The number of carbonyl (C=O) groups is 2. The molecule has 0 unspecified atom stereocenters. The van der Waals surface area contributed by atoms with Gasteiger partial charge in [0.25, 0.3) is 11.8 Å². The third-order valence-electron chi connectivity index (χ3n) is 4.94. The molecular formula is C23H22N2O2S. The summed E-state index contributed by atoms with van der Waals surface area (Å²) in [6, 6.07) is 21.0. The monoisotopic (exact) mass is 390 g/mol. The first-order chi connectivity index (χ1) is 13.7. The van der Waals surface area contributed by atoms with Gasteiger partial charge in [-0.15, -0.1) is 11.3 Å². The highest BCUT2D eigenvalue weighted by molar-refractivity contribution is 7.17. The van der Waals surface area contributed by atoms with E-state index in [4.69, 9.17) is 0 Å². The smallest absolute Gasteiger partial charge is 0.265 e. The van der Waals surface area contributed by atoms with E-state index in [1.807, 2.05) is 59.5 Å². The lowest BCUT2D eigenvalue weighted by Crippen LogP contribution is -2.36. The van der Waals surface area contributed by atoms with E-state index in [0.29, 0.717) is 16.1 Å². The van der Waals surface area contributed by atoms with Crippen LogP contribution in [0.2, 0.25) is 0 Å². The Balaban J connectivity index is 1.52. The second-order valence-electron chi connectivity index (χ2n) is 6.88. The molecule has 2 heterocycles. The molecule has 0 bridgehead atoms. The molecule has 1 aliphatic heterocycles. The van der Waals surface area contributed by atoms with Crippen molar-refractivity contribution in [3.8, 4) is 10.4 Å². The number of nitrogens with zero attached hydrogens (tertiary/aromatic N) is 1. The van der Waals surface area contributed by atoms with Gasteiger partial charge in [-0.2, -0.15) is 0 Å². The van der Waals surface area contributed by atoms with Crippen molar-refractivity contribution < 1.29 is 9.59 Å². The number of benzene rings is 2. The summed E-state index contributed by atoms with van der Waals surface area (Å²) in [5, 5.41) is 2.94. The molecule has 28 heavy (non-hydrogen) atoms. The molecule has 3 aromatic rings. The van der Waals surface area contributed by atoms with E-state index in [-0.39, 0.29) is 11.8 Å². The average molecular weight is 391 g/mol. The Labute approximate surface area is 168 Å². The second kappa shape index (κ2) is 8.40. The van der Waals surface area contributed by atoms with Gasteiger partial charge in [-0.3, -0.25) is 9.59 Å². The zero-order valence-corrected chi connectivity index (χ0v) is 16.4. The van der Waals surface area contributed by atoms with Crippen molar-refractivity contribution >= 4 is 28.8 Å². The van der Waals surface area contributed by atoms with E-state index in [1.54, 1.807) is 12.1 Å². The number of para-hydroxylation sites is 1. The van der Waals surface area contributed by atoms with Crippen LogP contribution in [0.25, 0.3) is 10.4 Å². The number of hydrogen-bond donors (Lipinski definition) is 1. The highest BCUT2D eigenvalue weighted by atomic mass is 32.1. The zero-order chi connectivity index (χ0) is 19.3. The molecule has 1 aliphatic rings. The largest absolute Gasteiger partial charge is 0.339 e. The summed E-state index contributed by atoms with van der Waals surface area (Å²) in [5.41, 5.74) is 2.21. The second-order valence-corrected chi connectivity index (χ2v) is 7.97. The van der Waals surface area contributed by atoms with E-state index < -0.39 is 0 Å². The van der Waals surface area contributed by atoms with E-state index in [1.165, 1.54) is 17.8 Å². The van der Waals surface area contributed by atoms with Gasteiger partial charge >= 0.3 is 0 Å². The lowest BCUT2D eigenvalue weighted by Gasteiger charge is -2.27. The minimum atomic E-state index is -0.189. The molecule has 0 atom stereocenters. The van der Waals surface area contributed by atoms with Gasteiger partial charge in [0, 0.05) is 18.0 Å². The molecule has 1 aromatic heterocycles. The standard InChI is InChI=1S/C23H22N2O2S/c26-22(21-14-13-20(28-21)17-9-3-1-4-10-17)24-19-12-6-5-11-18(19)23(27)25-15-7-2-8-16-25/h1,3-6,9-14H,2,7-8,15-16H2,(H,24,26). The van der Waals surface area contributed by atoms with Crippen molar-refractivity contribution in [3.05, 3.63) is 77.2 Å². The van der Waals surface area contributed by atoms with Crippen molar-refractivity contribution in [2.24, 2.45) is 0 Å². The van der Waals surface area contributed by atoms with Crippen molar-refractivity contribution in [3.63, 3.8) is 0 Å². The topological polar surface area (TPSA) is 49.4 Å². The summed E-state index contributed by atoms with van der Waals surface area (Å²) < 4.78 is 0. The van der Waals surface area contributed by atoms with E-state index >= 15 is 0 Å². The third kappa shape index (κ3) is 3.99. The molecule has 2 aromatic carbocycles. The molecule has 0 radical (unpaired) electrons. The minimum absolute atomic E-state index is 0.00764. The van der Waals surface area contributed by atoms with Crippen molar-refractivity contribution in [1.29, 1.82) is 0 Å². The number of hydrogen-bond acceptors (Lipinski definition) is 3. The first kappa shape index (κ1) is 18.4. The van der Waals surface area contributed by atoms with Crippen molar-refractivity contribution in [2.45, 2.75) is 19.3 Å². The first-order valence-corrected chi connectivity index (χ1v) is 10.4. The lowest BCUT2D eigenvalue weighted by molar-refractivity contribution is 0.0725. The maximum absolute atomic E-state index is 12.9. The summed E-state index contributed by atoms with van der Waals surface area (Å²) in [5.74, 6) is -0.196. The Bertz CT molecular complexity index is 975. The molecule has 0 spiro atoms. The maximum Gasteiger partial charge on any atom is 0.265 e. The van der Waals surface area contributed by atoms with E-state index in [9.17, 15) is 9.59 Å². The van der Waals surface area contributed by atoms with E-state index in [2.05, 4.69) is 5.32 Å². The predicted molar refractivity (Wildman–Crippen MR) is 114 cm³/mol. The fourth-order valence-corrected chi connectivity index (χ4v) is 4.35. The molecule has 4 rings (SSSR count). The third-order valence-corrected chi connectivity index (χ3v) is 6.07. The Kier molecular flexibility index (Phi) is 5.53. The van der Waals surface area contributed by atoms with Crippen LogP contribution in [0.4, 0.5) is 5.69 Å². The Hall–Kier alpha value is -2.92. The van der Waals surface area contributed by atoms with Crippen LogP contribution in [0, 0.1) is 0 Å².